The molecule has 0 saturated heterocycles. The molecule has 0 bridgehead atoms. The smallest absolute Gasteiger partial charge is 0.326 e. The fourth-order valence-electron chi connectivity index (χ4n) is 2.80. The van der Waals surface area contributed by atoms with Crippen LogP contribution in [0.2, 0.25) is 0 Å². The second-order valence-electron chi connectivity index (χ2n) is 8.34. The van der Waals surface area contributed by atoms with E-state index < -0.39 is 91.3 Å². The molecule has 214 valence electrons. The van der Waals surface area contributed by atoms with E-state index >= 15 is 0 Å². The summed E-state index contributed by atoms with van der Waals surface area (Å²) in [7, 11) is 0. The van der Waals surface area contributed by atoms with Gasteiger partial charge in [-0.25, -0.2) is 4.79 Å². The standard InChI is InChI=1S/C21H33N5O12/c1-10(2)23-9-15(28)24-11(3-4-16(29)30)19(35)22-6-5-14(27)25-12(7-17(31)32)20(36)26-13(21(37)38)8-18(33)34/h10-13,23H,3-9H2,1-2H3,(H,22,35)(H,24,28)(H,25,27)(H,26,36)(H,29,30)(H,31,32)(H,33,34)(H,37,38)/t11?,12?,13-/m0/s1. The predicted octanol–water partition coefficient (Wildman–Crippen LogP) is -3.16. The zero-order valence-corrected chi connectivity index (χ0v) is 20.8. The average molecular weight is 548 g/mol. The van der Waals surface area contributed by atoms with Gasteiger partial charge in [-0.3, -0.25) is 33.6 Å². The van der Waals surface area contributed by atoms with Gasteiger partial charge in [-0.15, -0.1) is 0 Å². The molecule has 38 heavy (non-hydrogen) atoms. The van der Waals surface area contributed by atoms with Gasteiger partial charge in [-0.2, -0.15) is 0 Å². The first-order valence-corrected chi connectivity index (χ1v) is 11.4. The number of carboxylic acid groups (broad SMARTS) is 4. The average Bonchev–Trinajstić information content (AvgIpc) is 2.78. The zero-order chi connectivity index (χ0) is 29.4. The van der Waals surface area contributed by atoms with E-state index in [0.29, 0.717) is 0 Å². The lowest BCUT2D eigenvalue weighted by molar-refractivity contribution is -0.148. The van der Waals surface area contributed by atoms with Crippen LogP contribution in [0.25, 0.3) is 0 Å². The lowest BCUT2D eigenvalue weighted by Crippen LogP contribution is -2.53. The molecule has 0 heterocycles. The number of hydrogen-bond acceptors (Lipinski definition) is 9. The highest BCUT2D eigenvalue weighted by Gasteiger charge is 2.29. The summed E-state index contributed by atoms with van der Waals surface area (Å²) in [6, 6.07) is -4.86. The second-order valence-corrected chi connectivity index (χ2v) is 8.34. The van der Waals surface area contributed by atoms with E-state index in [1.54, 1.807) is 13.8 Å². The lowest BCUT2D eigenvalue weighted by atomic mass is 10.1. The van der Waals surface area contributed by atoms with Gasteiger partial charge in [-0.05, 0) is 6.42 Å². The number of aliphatic carboxylic acids is 4. The Bertz CT molecular complexity index is 907. The summed E-state index contributed by atoms with van der Waals surface area (Å²) in [6.07, 6.45) is -3.07. The Kier molecular flexibility index (Phi) is 15.3. The quantitative estimate of drug-likeness (QED) is 0.0773. The highest BCUT2D eigenvalue weighted by atomic mass is 16.4. The van der Waals surface area contributed by atoms with Crippen LogP contribution in [-0.4, -0.2) is 105 Å². The molecular weight excluding hydrogens is 514 g/mol. The fraction of sp³-hybridized carbons (Fsp3) is 0.619. The van der Waals surface area contributed by atoms with E-state index in [9.17, 15) is 38.4 Å². The summed E-state index contributed by atoms with van der Waals surface area (Å²) >= 11 is 0. The van der Waals surface area contributed by atoms with Crippen LogP contribution in [0.15, 0.2) is 0 Å². The monoisotopic (exact) mass is 547 g/mol. The van der Waals surface area contributed by atoms with Gasteiger partial charge in [0.15, 0.2) is 0 Å². The molecule has 4 amide bonds. The van der Waals surface area contributed by atoms with Gasteiger partial charge in [0.25, 0.3) is 0 Å². The van der Waals surface area contributed by atoms with E-state index in [-0.39, 0.29) is 25.6 Å². The third kappa shape index (κ3) is 15.7. The normalized spacial score (nSPS) is 12.9. The summed E-state index contributed by atoms with van der Waals surface area (Å²) in [5.41, 5.74) is 0. The van der Waals surface area contributed by atoms with Crippen LogP contribution in [0.1, 0.15) is 46.0 Å². The van der Waals surface area contributed by atoms with Crippen molar-refractivity contribution in [3.05, 3.63) is 0 Å². The summed E-state index contributed by atoms with van der Waals surface area (Å²) in [6.45, 7) is 3.11. The Labute approximate surface area is 216 Å². The third-order valence-electron chi connectivity index (χ3n) is 4.64. The Balaban J connectivity index is 5.05. The number of rotatable bonds is 19. The maximum absolute atomic E-state index is 12.4. The zero-order valence-electron chi connectivity index (χ0n) is 20.8. The van der Waals surface area contributed by atoms with E-state index in [2.05, 4.69) is 21.3 Å². The molecule has 0 aromatic carbocycles. The fourth-order valence-corrected chi connectivity index (χ4v) is 2.80. The van der Waals surface area contributed by atoms with E-state index in [1.807, 2.05) is 5.32 Å². The number of nitrogens with one attached hydrogen (secondary N) is 5. The molecule has 3 atom stereocenters. The molecule has 0 aromatic rings. The summed E-state index contributed by atoms with van der Waals surface area (Å²) in [4.78, 5) is 92.8. The number of hydrogen-bond donors (Lipinski definition) is 9. The summed E-state index contributed by atoms with van der Waals surface area (Å²) in [5.74, 6) is -9.45. The SMILES string of the molecule is CC(C)NCC(=O)NC(CCC(=O)O)C(=O)NCCC(=O)NC(CC(=O)O)C(=O)N[C@@H](CC(=O)O)C(=O)O. The van der Waals surface area contributed by atoms with Gasteiger partial charge in [0.2, 0.25) is 23.6 Å². The Morgan fingerprint density at radius 2 is 1.18 bits per heavy atom. The van der Waals surface area contributed by atoms with Crippen molar-refractivity contribution in [2.45, 2.75) is 70.1 Å². The van der Waals surface area contributed by atoms with Crippen LogP contribution < -0.4 is 26.6 Å². The molecule has 9 N–H and O–H groups in total. The van der Waals surface area contributed by atoms with Gasteiger partial charge in [0.05, 0.1) is 19.4 Å². The minimum atomic E-state index is -1.87. The van der Waals surface area contributed by atoms with Gasteiger partial charge in [0, 0.05) is 25.4 Å². The Morgan fingerprint density at radius 3 is 1.68 bits per heavy atom. The molecule has 2 unspecified atom stereocenters. The first-order chi connectivity index (χ1) is 17.6. The van der Waals surface area contributed by atoms with Crippen LogP contribution in [0, 0.1) is 0 Å². The van der Waals surface area contributed by atoms with E-state index in [0.717, 1.165) is 0 Å². The van der Waals surface area contributed by atoms with Crippen LogP contribution in [0.5, 0.6) is 0 Å². The van der Waals surface area contributed by atoms with E-state index in [4.69, 9.17) is 20.4 Å². The number of carbonyl (C=O) groups excluding carboxylic acids is 4. The molecule has 0 radical (unpaired) electrons. The topological polar surface area (TPSA) is 278 Å². The Morgan fingerprint density at radius 1 is 0.632 bits per heavy atom. The molecule has 0 fully saturated rings. The van der Waals surface area contributed by atoms with Crippen molar-refractivity contribution >= 4 is 47.5 Å². The predicted molar refractivity (Wildman–Crippen MR) is 126 cm³/mol. The van der Waals surface area contributed by atoms with Gasteiger partial charge in [-0.1, -0.05) is 13.8 Å². The van der Waals surface area contributed by atoms with Crippen molar-refractivity contribution in [3.8, 4) is 0 Å². The van der Waals surface area contributed by atoms with Crippen molar-refractivity contribution in [2.75, 3.05) is 13.1 Å². The van der Waals surface area contributed by atoms with Crippen LogP contribution in [0.4, 0.5) is 0 Å². The lowest BCUT2D eigenvalue weighted by Gasteiger charge is -2.20. The van der Waals surface area contributed by atoms with Gasteiger partial charge < -0.3 is 47.0 Å². The summed E-state index contributed by atoms with van der Waals surface area (Å²) in [5, 5.41) is 47.1. The molecule has 0 spiro atoms. The number of carboxylic acids is 4. The molecule has 17 nitrogen and oxygen atoms in total. The molecule has 0 saturated carbocycles. The second kappa shape index (κ2) is 17.2. The molecule has 0 rings (SSSR count). The first-order valence-electron chi connectivity index (χ1n) is 11.4. The van der Waals surface area contributed by atoms with Crippen LogP contribution >= 0.6 is 0 Å². The highest BCUT2D eigenvalue weighted by molar-refractivity contribution is 5.94. The molecule has 0 aliphatic heterocycles. The molecule has 0 aromatic heterocycles. The largest absolute Gasteiger partial charge is 0.481 e. The minimum Gasteiger partial charge on any atom is -0.481 e. The number of amides is 4. The van der Waals surface area contributed by atoms with Crippen molar-refractivity contribution in [3.63, 3.8) is 0 Å². The summed E-state index contributed by atoms with van der Waals surface area (Å²) < 4.78 is 0. The van der Waals surface area contributed by atoms with Crippen molar-refractivity contribution in [1.82, 2.24) is 26.6 Å². The van der Waals surface area contributed by atoms with Crippen molar-refractivity contribution in [2.24, 2.45) is 0 Å². The molecular formula is C21H33N5O12. The van der Waals surface area contributed by atoms with Crippen molar-refractivity contribution in [1.29, 1.82) is 0 Å². The maximum atomic E-state index is 12.4. The third-order valence-corrected chi connectivity index (χ3v) is 4.64. The minimum absolute atomic E-state index is 0.0234. The Hall–Kier alpha value is -4.28. The molecule has 0 aliphatic carbocycles. The first kappa shape index (κ1) is 33.7. The van der Waals surface area contributed by atoms with Crippen LogP contribution in [-0.2, 0) is 38.4 Å². The van der Waals surface area contributed by atoms with Crippen LogP contribution in [0.3, 0.4) is 0 Å². The molecule has 17 heteroatoms. The van der Waals surface area contributed by atoms with Gasteiger partial charge >= 0.3 is 23.9 Å². The van der Waals surface area contributed by atoms with Crippen molar-refractivity contribution < 1.29 is 58.8 Å². The number of carbonyl (C=O) groups is 8. The van der Waals surface area contributed by atoms with E-state index in [1.165, 1.54) is 0 Å². The maximum Gasteiger partial charge on any atom is 0.326 e. The molecule has 0 aliphatic rings. The van der Waals surface area contributed by atoms with Gasteiger partial charge in [0.1, 0.15) is 18.1 Å². The highest BCUT2D eigenvalue weighted by Crippen LogP contribution is 2.01.